The molecule has 0 aliphatic carbocycles. The Hall–Kier alpha value is -2.96. The van der Waals surface area contributed by atoms with Gasteiger partial charge in [0.25, 0.3) is 11.5 Å². The van der Waals surface area contributed by atoms with E-state index in [1.807, 2.05) is 19.1 Å². The zero-order valence-corrected chi connectivity index (χ0v) is 13.0. The zero-order valence-electron chi connectivity index (χ0n) is 13.0. The average molecular weight is 312 g/mol. The Morgan fingerprint density at radius 2 is 2.13 bits per heavy atom. The Morgan fingerprint density at radius 3 is 2.83 bits per heavy atom. The second-order valence-electron chi connectivity index (χ2n) is 5.32. The van der Waals surface area contributed by atoms with Crippen LogP contribution in [0.3, 0.4) is 0 Å². The number of aryl methyl sites for hydroxylation is 2. The van der Waals surface area contributed by atoms with Gasteiger partial charge in [-0.25, -0.2) is 4.98 Å². The largest absolute Gasteiger partial charge is 0.442 e. The molecule has 0 radical (unpaired) electrons. The molecular formula is C16H16N4O3. The summed E-state index contributed by atoms with van der Waals surface area (Å²) in [6, 6.07) is 5.18. The Labute approximate surface area is 132 Å². The Balaban J connectivity index is 2.00. The fourth-order valence-corrected chi connectivity index (χ4v) is 2.44. The topological polar surface area (TPSA) is 90.0 Å². The first-order valence-corrected chi connectivity index (χ1v) is 7.15. The van der Waals surface area contributed by atoms with Gasteiger partial charge in [0.05, 0.1) is 17.3 Å². The summed E-state index contributed by atoms with van der Waals surface area (Å²) in [4.78, 5) is 33.2. The van der Waals surface area contributed by atoms with Gasteiger partial charge in [0.2, 0.25) is 5.71 Å². The van der Waals surface area contributed by atoms with Crippen LogP contribution in [0.1, 0.15) is 34.8 Å². The number of carbonyl (C=O) groups excluding carboxylic acids is 1. The van der Waals surface area contributed by atoms with Crippen LogP contribution in [0.15, 0.2) is 39.9 Å². The first kappa shape index (κ1) is 15.0. The summed E-state index contributed by atoms with van der Waals surface area (Å²) < 4.78 is 6.76. The van der Waals surface area contributed by atoms with E-state index in [1.165, 1.54) is 10.9 Å². The molecule has 0 bridgehead atoms. The van der Waals surface area contributed by atoms with Gasteiger partial charge in [-0.15, -0.1) is 0 Å². The van der Waals surface area contributed by atoms with E-state index in [-0.39, 0.29) is 34.2 Å². The van der Waals surface area contributed by atoms with Crippen molar-refractivity contribution >= 4 is 17.0 Å². The van der Waals surface area contributed by atoms with E-state index < -0.39 is 0 Å². The molecule has 0 saturated carbocycles. The van der Waals surface area contributed by atoms with Crippen molar-refractivity contribution in [3.8, 4) is 0 Å². The summed E-state index contributed by atoms with van der Waals surface area (Å²) in [6.45, 7) is 3.47. The second-order valence-corrected chi connectivity index (χ2v) is 5.32. The lowest BCUT2D eigenvalue weighted by Crippen LogP contribution is -2.29. The maximum absolute atomic E-state index is 12.6. The monoisotopic (exact) mass is 312 g/mol. The number of hydrogen-bond acceptors (Lipinski definition) is 5. The molecule has 1 atom stereocenters. The highest BCUT2D eigenvalue weighted by Crippen LogP contribution is 2.21. The van der Waals surface area contributed by atoms with Crippen molar-refractivity contribution in [2.45, 2.75) is 19.9 Å². The normalized spacial score (nSPS) is 12.3. The first-order chi connectivity index (χ1) is 11.0. The van der Waals surface area contributed by atoms with Crippen LogP contribution in [0.25, 0.3) is 11.1 Å². The Kier molecular flexibility index (Phi) is 3.69. The van der Waals surface area contributed by atoms with Gasteiger partial charge in [-0.05, 0) is 26.0 Å². The van der Waals surface area contributed by atoms with Crippen LogP contribution < -0.4 is 10.9 Å². The van der Waals surface area contributed by atoms with Crippen LogP contribution in [0, 0.1) is 6.92 Å². The van der Waals surface area contributed by atoms with Crippen molar-refractivity contribution in [3.05, 3.63) is 58.1 Å². The van der Waals surface area contributed by atoms with Crippen LogP contribution in [0.2, 0.25) is 0 Å². The minimum atomic E-state index is -0.385. The molecule has 3 heterocycles. The van der Waals surface area contributed by atoms with Crippen LogP contribution >= 0.6 is 0 Å². The minimum Gasteiger partial charge on any atom is -0.442 e. The average Bonchev–Trinajstić information content (AvgIpc) is 2.89. The molecule has 0 aliphatic heterocycles. The standard InChI is InChI=1S/C16H16N4O3/c1-9(11-6-4-5-7-17-11)19-14(21)12-10(2)23-15-13(12)16(22)20(3)8-18-15/h4-9H,1-3H3,(H,19,21). The second kappa shape index (κ2) is 5.68. The molecule has 0 aromatic carbocycles. The van der Waals surface area contributed by atoms with Crippen molar-refractivity contribution in [3.63, 3.8) is 0 Å². The van der Waals surface area contributed by atoms with Crippen LogP contribution in [0.5, 0.6) is 0 Å². The predicted octanol–water partition coefficient (Wildman–Crippen LogP) is 1.72. The number of rotatable bonds is 3. The van der Waals surface area contributed by atoms with Gasteiger partial charge in [-0.2, -0.15) is 0 Å². The molecule has 1 N–H and O–H groups in total. The van der Waals surface area contributed by atoms with E-state index >= 15 is 0 Å². The van der Waals surface area contributed by atoms with Crippen molar-refractivity contribution in [2.24, 2.45) is 7.05 Å². The minimum absolute atomic E-state index is 0.168. The van der Waals surface area contributed by atoms with E-state index in [2.05, 4.69) is 15.3 Å². The molecule has 0 spiro atoms. The third kappa shape index (κ3) is 2.61. The molecule has 3 aromatic heterocycles. The summed E-state index contributed by atoms with van der Waals surface area (Å²) in [5.41, 5.74) is 0.803. The Bertz CT molecular complexity index is 928. The lowest BCUT2D eigenvalue weighted by Gasteiger charge is -2.13. The molecule has 118 valence electrons. The van der Waals surface area contributed by atoms with Gasteiger partial charge in [-0.1, -0.05) is 6.07 Å². The third-order valence-electron chi connectivity index (χ3n) is 3.65. The highest BCUT2D eigenvalue weighted by atomic mass is 16.3. The van der Waals surface area contributed by atoms with E-state index in [0.717, 1.165) is 5.69 Å². The van der Waals surface area contributed by atoms with Gasteiger partial charge in [0.15, 0.2) is 0 Å². The number of pyridine rings is 1. The maximum atomic E-state index is 12.6. The summed E-state index contributed by atoms with van der Waals surface area (Å²) in [5.74, 6) is -0.0222. The van der Waals surface area contributed by atoms with Crippen molar-refractivity contribution in [1.29, 1.82) is 0 Å². The molecule has 3 rings (SSSR count). The fraction of sp³-hybridized carbons (Fsp3) is 0.250. The van der Waals surface area contributed by atoms with Gasteiger partial charge < -0.3 is 14.3 Å². The zero-order chi connectivity index (χ0) is 16.6. The number of fused-ring (bicyclic) bond motifs is 1. The first-order valence-electron chi connectivity index (χ1n) is 7.15. The predicted molar refractivity (Wildman–Crippen MR) is 84.1 cm³/mol. The Morgan fingerprint density at radius 1 is 1.35 bits per heavy atom. The summed E-state index contributed by atoms with van der Waals surface area (Å²) >= 11 is 0. The number of nitrogens with zero attached hydrogens (tertiary/aromatic N) is 3. The van der Waals surface area contributed by atoms with Crippen molar-refractivity contribution < 1.29 is 9.21 Å². The summed E-state index contributed by atoms with van der Waals surface area (Å²) in [7, 11) is 1.58. The van der Waals surface area contributed by atoms with Gasteiger partial charge in [-0.3, -0.25) is 14.6 Å². The molecular weight excluding hydrogens is 296 g/mol. The lowest BCUT2D eigenvalue weighted by molar-refractivity contribution is 0.0939. The van der Waals surface area contributed by atoms with Gasteiger partial charge >= 0.3 is 0 Å². The molecule has 1 unspecified atom stereocenters. The smallest absolute Gasteiger partial charge is 0.265 e. The van der Waals surface area contributed by atoms with Crippen LogP contribution in [-0.2, 0) is 7.05 Å². The molecule has 0 saturated heterocycles. The van der Waals surface area contributed by atoms with Gasteiger partial charge in [0.1, 0.15) is 17.5 Å². The number of aromatic nitrogens is 3. The van der Waals surface area contributed by atoms with Crippen molar-refractivity contribution in [1.82, 2.24) is 19.9 Å². The quantitative estimate of drug-likeness (QED) is 0.795. The molecule has 1 amide bonds. The van der Waals surface area contributed by atoms with E-state index in [4.69, 9.17) is 4.42 Å². The van der Waals surface area contributed by atoms with E-state index in [1.54, 1.807) is 26.2 Å². The third-order valence-corrected chi connectivity index (χ3v) is 3.65. The lowest BCUT2D eigenvalue weighted by atomic mass is 10.1. The summed E-state index contributed by atoms with van der Waals surface area (Å²) in [6.07, 6.45) is 3.03. The molecule has 3 aromatic rings. The molecule has 0 aliphatic rings. The van der Waals surface area contributed by atoms with Crippen molar-refractivity contribution in [2.75, 3.05) is 0 Å². The van der Waals surface area contributed by atoms with Gasteiger partial charge in [0, 0.05) is 13.2 Å². The number of nitrogens with one attached hydrogen (secondary N) is 1. The molecule has 23 heavy (non-hydrogen) atoms. The van der Waals surface area contributed by atoms with E-state index in [0.29, 0.717) is 5.76 Å². The van der Waals surface area contributed by atoms with E-state index in [9.17, 15) is 9.59 Å². The SMILES string of the molecule is Cc1oc2ncn(C)c(=O)c2c1C(=O)NC(C)c1ccccn1. The van der Waals surface area contributed by atoms with Crippen LogP contribution in [-0.4, -0.2) is 20.4 Å². The molecule has 7 heteroatoms. The fourth-order valence-electron chi connectivity index (χ4n) is 2.44. The number of carbonyl (C=O) groups is 1. The maximum Gasteiger partial charge on any atom is 0.265 e. The number of amides is 1. The number of hydrogen-bond donors (Lipinski definition) is 1. The number of furan rings is 1. The van der Waals surface area contributed by atoms with Crippen LogP contribution in [0.4, 0.5) is 0 Å². The highest BCUT2D eigenvalue weighted by molar-refractivity contribution is 6.06. The highest BCUT2D eigenvalue weighted by Gasteiger charge is 2.23. The molecule has 0 fully saturated rings. The molecule has 7 nitrogen and oxygen atoms in total. The summed E-state index contributed by atoms with van der Waals surface area (Å²) in [5, 5.41) is 3.03.